The largest absolute Gasteiger partial charge is 0.490 e. The normalized spacial score (nSPS) is 17.8. The number of carboxylic acid groups (broad SMARTS) is 2. The van der Waals surface area contributed by atoms with Gasteiger partial charge in [0.25, 0.3) is 0 Å². The molecule has 2 saturated heterocycles. The summed E-state index contributed by atoms with van der Waals surface area (Å²) in [4.78, 5) is 37.1. The van der Waals surface area contributed by atoms with Crippen molar-refractivity contribution in [2.45, 2.75) is 56.4 Å². The van der Waals surface area contributed by atoms with Crippen molar-refractivity contribution in [2.75, 3.05) is 32.7 Å². The molecule has 37 heavy (non-hydrogen) atoms. The van der Waals surface area contributed by atoms with Gasteiger partial charge in [0.1, 0.15) is 0 Å². The second-order valence-corrected chi connectivity index (χ2v) is 8.52. The van der Waals surface area contributed by atoms with Crippen LogP contribution in [0.15, 0.2) is 24.4 Å². The van der Waals surface area contributed by atoms with Crippen molar-refractivity contribution in [3.05, 3.63) is 30.1 Å². The molecule has 0 spiro atoms. The number of amides is 1. The smallest absolute Gasteiger partial charge is 0.475 e. The fourth-order valence-electron chi connectivity index (χ4n) is 3.76. The lowest BCUT2D eigenvalue weighted by Crippen LogP contribution is -2.57. The Hall–Kier alpha value is -2.94. The molecule has 3 rings (SSSR count). The third-order valence-corrected chi connectivity index (χ3v) is 5.51. The zero-order valence-electron chi connectivity index (χ0n) is 19.9. The second kappa shape index (κ2) is 14.7. The van der Waals surface area contributed by atoms with E-state index in [9.17, 15) is 31.1 Å². The van der Waals surface area contributed by atoms with Crippen LogP contribution in [0.25, 0.3) is 0 Å². The number of pyridine rings is 1. The molecular formula is C22H30F6N4O5. The summed E-state index contributed by atoms with van der Waals surface area (Å²) in [5.41, 5.74) is 0.916. The maximum absolute atomic E-state index is 12.6. The maximum Gasteiger partial charge on any atom is 0.490 e. The van der Waals surface area contributed by atoms with Gasteiger partial charge in [0.05, 0.1) is 6.54 Å². The Balaban J connectivity index is 0.000000404. The average molecular weight is 544 g/mol. The minimum Gasteiger partial charge on any atom is -0.475 e. The first-order valence-electron chi connectivity index (χ1n) is 11.4. The van der Waals surface area contributed by atoms with E-state index in [1.807, 2.05) is 18.3 Å². The number of hydrogen-bond donors (Lipinski definition) is 4. The number of carboxylic acids is 2. The van der Waals surface area contributed by atoms with Crippen molar-refractivity contribution >= 4 is 17.8 Å². The van der Waals surface area contributed by atoms with E-state index >= 15 is 0 Å². The highest BCUT2D eigenvalue weighted by Gasteiger charge is 2.39. The minimum absolute atomic E-state index is 0.146. The zero-order valence-corrected chi connectivity index (χ0v) is 19.9. The molecule has 3 heterocycles. The van der Waals surface area contributed by atoms with Gasteiger partial charge in [-0.15, -0.1) is 0 Å². The Morgan fingerprint density at radius 1 is 0.946 bits per heavy atom. The maximum atomic E-state index is 12.6. The van der Waals surface area contributed by atoms with Gasteiger partial charge in [-0.05, 0) is 64.0 Å². The molecule has 210 valence electrons. The highest BCUT2D eigenvalue weighted by Crippen LogP contribution is 2.23. The number of halogens is 6. The van der Waals surface area contributed by atoms with Crippen molar-refractivity contribution in [2.24, 2.45) is 0 Å². The Bertz CT molecular complexity index is 831. The molecule has 1 aromatic heterocycles. The van der Waals surface area contributed by atoms with Crippen LogP contribution in [0.3, 0.4) is 0 Å². The Kier molecular flexibility index (Phi) is 12.8. The number of likely N-dealkylation sites (tertiary alicyclic amines) is 1. The number of nitrogens with one attached hydrogen (secondary N) is 2. The van der Waals surface area contributed by atoms with Crippen LogP contribution in [-0.4, -0.2) is 88.6 Å². The first kappa shape index (κ1) is 32.1. The fraction of sp³-hybridized carbons (Fsp3) is 0.636. The summed E-state index contributed by atoms with van der Waals surface area (Å²) in [5, 5.41) is 21.0. The average Bonchev–Trinajstić information content (AvgIpc) is 2.80. The Morgan fingerprint density at radius 3 is 1.89 bits per heavy atom. The number of alkyl halides is 6. The lowest BCUT2D eigenvalue weighted by atomic mass is 9.83. The van der Waals surface area contributed by atoms with E-state index in [0.717, 1.165) is 51.1 Å². The molecular weight excluding hydrogens is 514 g/mol. The summed E-state index contributed by atoms with van der Waals surface area (Å²) in [7, 11) is 0. The number of carbonyl (C=O) groups is 3. The molecule has 2 fully saturated rings. The predicted octanol–water partition coefficient (Wildman–Crippen LogP) is 2.61. The van der Waals surface area contributed by atoms with Crippen LogP contribution in [0.1, 0.15) is 37.8 Å². The van der Waals surface area contributed by atoms with Gasteiger partial charge in [0.15, 0.2) is 0 Å². The summed E-state index contributed by atoms with van der Waals surface area (Å²) >= 11 is 0. The minimum atomic E-state index is -5.08. The number of piperidine rings is 2. The van der Waals surface area contributed by atoms with Crippen LogP contribution in [0.2, 0.25) is 0 Å². The van der Waals surface area contributed by atoms with Gasteiger partial charge in [-0.1, -0.05) is 12.5 Å². The number of aromatic nitrogens is 1. The molecule has 2 aliphatic heterocycles. The van der Waals surface area contributed by atoms with E-state index in [-0.39, 0.29) is 11.4 Å². The fourth-order valence-corrected chi connectivity index (χ4v) is 3.76. The van der Waals surface area contributed by atoms with Crippen molar-refractivity contribution in [1.29, 1.82) is 0 Å². The summed E-state index contributed by atoms with van der Waals surface area (Å²) in [6.45, 7) is 4.56. The van der Waals surface area contributed by atoms with Crippen LogP contribution in [0.4, 0.5) is 26.3 Å². The molecule has 4 N–H and O–H groups in total. The Labute approximate surface area is 209 Å². The van der Waals surface area contributed by atoms with E-state index in [2.05, 4.69) is 26.6 Å². The molecule has 9 nitrogen and oxygen atoms in total. The van der Waals surface area contributed by atoms with Gasteiger partial charge in [0, 0.05) is 23.9 Å². The van der Waals surface area contributed by atoms with Crippen LogP contribution >= 0.6 is 0 Å². The van der Waals surface area contributed by atoms with E-state index < -0.39 is 24.3 Å². The molecule has 0 aromatic carbocycles. The lowest BCUT2D eigenvalue weighted by molar-refractivity contribution is -0.193. The van der Waals surface area contributed by atoms with Gasteiger partial charge in [-0.2, -0.15) is 26.3 Å². The number of nitrogens with zero attached hydrogens (tertiary/aromatic N) is 2. The van der Waals surface area contributed by atoms with Crippen molar-refractivity contribution in [3.63, 3.8) is 0 Å². The standard InChI is InChI=1S/C18H28N4O.2C2HF3O2/c23-17(15-22-12-4-1-5-13-22)21-18(7-10-19-11-8-18)14-16-6-2-3-9-20-16;2*3-2(4,5)1(6)7/h2-3,6,9,19H,1,4-5,7-8,10-15H2,(H,21,23);2*(H,6,7). The molecule has 2 aliphatic rings. The van der Waals surface area contributed by atoms with Crippen LogP contribution < -0.4 is 10.6 Å². The molecule has 0 atom stereocenters. The van der Waals surface area contributed by atoms with Gasteiger partial charge in [-0.25, -0.2) is 9.59 Å². The molecule has 0 aliphatic carbocycles. The molecule has 0 unspecified atom stereocenters. The van der Waals surface area contributed by atoms with Crippen LogP contribution in [0.5, 0.6) is 0 Å². The number of carbonyl (C=O) groups excluding carboxylic acids is 1. The van der Waals surface area contributed by atoms with Crippen LogP contribution in [-0.2, 0) is 20.8 Å². The highest BCUT2D eigenvalue weighted by atomic mass is 19.4. The van der Waals surface area contributed by atoms with Crippen LogP contribution in [0, 0.1) is 0 Å². The van der Waals surface area contributed by atoms with Gasteiger partial charge in [0.2, 0.25) is 5.91 Å². The van der Waals surface area contributed by atoms with Crippen molar-refractivity contribution < 1.29 is 50.9 Å². The van der Waals surface area contributed by atoms with Gasteiger partial charge in [-0.3, -0.25) is 14.7 Å². The van der Waals surface area contributed by atoms with Crippen molar-refractivity contribution in [3.8, 4) is 0 Å². The SMILES string of the molecule is O=C(CN1CCCCC1)NC1(Cc2ccccn2)CCNCC1.O=C(O)C(F)(F)F.O=C(O)C(F)(F)F. The summed E-state index contributed by atoms with van der Waals surface area (Å²) in [6, 6.07) is 6.01. The monoisotopic (exact) mass is 544 g/mol. The summed E-state index contributed by atoms with van der Waals surface area (Å²) in [6.07, 6.45) is -1.84. The summed E-state index contributed by atoms with van der Waals surface area (Å²) in [5.74, 6) is -5.34. The molecule has 0 bridgehead atoms. The number of aliphatic carboxylic acids is 2. The third-order valence-electron chi connectivity index (χ3n) is 5.51. The molecule has 1 amide bonds. The van der Waals surface area contributed by atoms with E-state index in [1.54, 1.807) is 0 Å². The second-order valence-electron chi connectivity index (χ2n) is 8.52. The summed E-state index contributed by atoms with van der Waals surface area (Å²) < 4.78 is 63.5. The van der Waals surface area contributed by atoms with E-state index in [4.69, 9.17) is 19.8 Å². The predicted molar refractivity (Wildman–Crippen MR) is 119 cm³/mol. The highest BCUT2D eigenvalue weighted by molar-refractivity contribution is 5.79. The first-order chi connectivity index (χ1) is 17.1. The quantitative estimate of drug-likeness (QED) is 0.416. The molecule has 1 aromatic rings. The van der Waals surface area contributed by atoms with E-state index in [1.165, 1.54) is 19.3 Å². The van der Waals surface area contributed by atoms with Crippen molar-refractivity contribution in [1.82, 2.24) is 20.5 Å². The first-order valence-corrected chi connectivity index (χ1v) is 11.4. The topological polar surface area (TPSA) is 132 Å². The number of rotatable bonds is 5. The molecule has 0 saturated carbocycles. The van der Waals surface area contributed by atoms with Gasteiger partial charge < -0.3 is 20.8 Å². The Morgan fingerprint density at radius 2 is 1.46 bits per heavy atom. The van der Waals surface area contributed by atoms with Gasteiger partial charge >= 0.3 is 24.3 Å². The number of hydrogen-bond acceptors (Lipinski definition) is 6. The molecule has 0 radical (unpaired) electrons. The van der Waals surface area contributed by atoms with E-state index in [0.29, 0.717) is 6.54 Å². The molecule has 15 heteroatoms. The zero-order chi connectivity index (χ0) is 28.1. The third kappa shape index (κ3) is 13.3. The lowest BCUT2D eigenvalue weighted by Gasteiger charge is -2.39.